The zero-order chi connectivity index (χ0) is 18.6. The molecule has 1 aliphatic carbocycles. The second-order valence-corrected chi connectivity index (χ2v) is 8.31. The van der Waals surface area contributed by atoms with Gasteiger partial charge in [0.1, 0.15) is 6.04 Å². The van der Waals surface area contributed by atoms with Gasteiger partial charge in [0.05, 0.1) is 0 Å². The van der Waals surface area contributed by atoms with Crippen LogP contribution in [0.2, 0.25) is 0 Å². The molecule has 3 amide bonds. The van der Waals surface area contributed by atoms with Gasteiger partial charge in [-0.1, -0.05) is 12.1 Å². The van der Waals surface area contributed by atoms with E-state index in [0.717, 1.165) is 37.3 Å². The smallest absolute Gasteiger partial charge is 0.255 e. The van der Waals surface area contributed by atoms with Gasteiger partial charge in [0, 0.05) is 50.2 Å². The Morgan fingerprint density at radius 3 is 2.81 bits per heavy atom. The van der Waals surface area contributed by atoms with E-state index in [4.69, 9.17) is 0 Å². The van der Waals surface area contributed by atoms with Gasteiger partial charge in [0.2, 0.25) is 11.8 Å². The first-order chi connectivity index (χ1) is 13.0. The Morgan fingerprint density at radius 2 is 2.04 bits per heavy atom. The molecular formula is C20H24N4O3. The second kappa shape index (κ2) is 6.14. The Balaban J connectivity index is 1.31. The van der Waals surface area contributed by atoms with Gasteiger partial charge >= 0.3 is 0 Å². The number of amides is 3. The van der Waals surface area contributed by atoms with Gasteiger partial charge in [-0.3, -0.25) is 24.6 Å². The van der Waals surface area contributed by atoms with Crippen molar-refractivity contribution >= 4 is 17.7 Å². The molecule has 3 heterocycles. The number of benzene rings is 1. The number of hydrogen-bond donors (Lipinski definition) is 2. The Bertz CT molecular complexity index is 833. The maximum absolute atomic E-state index is 12.9. The van der Waals surface area contributed by atoms with Crippen LogP contribution in [0.1, 0.15) is 47.2 Å². The predicted molar refractivity (Wildman–Crippen MR) is 97.7 cm³/mol. The molecule has 1 aromatic carbocycles. The molecule has 3 aliphatic heterocycles. The first-order valence-corrected chi connectivity index (χ1v) is 9.77. The number of piperazine rings is 1. The zero-order valence-corrected chi connectivity index (χ0v) is 15.3. The third-order valence-corrected chi connectivity index (χ3v) is 6.31. The summed E-state index contributed by atoms with van der Waals surface area (Å²) in [6, 6.07) is 5.56. The van der Waals surface area contributed by atoms with Gasteiger partial charge < -0.3 is 10.2 Å². The first kappa shape index (κ1) is 16.9. The molecule has 2 saturated heterocycles. The van der Waals surface area contributed by atoms with Crippen molar-refractivity contribution in [3.05, 3.63) is 34.9 Å². The lowest BCUT2D eigenvalue weighted by Crippen LogP contribution is -2.52. The van der Waals surface area contributed by atoms with Crippen LogP contribution in [0.25, 0.3) is 0 Å². The number of fused-ring (bicyclic) bond motifs is 1. The monoisotopic (exact) mass is 368 g/mol. The average Bonchev–Trinajstić information content (AvgIpc) is 3.30. The van der Waals surface area contributed by atoms with Crippen LogP contribution < -0.4 is 10.6 Å². The summed E-state index contributed by atoms with van der Waals surface area (Å²) in [5.74, 6) is -0.712. The van der Waals surface area contributed by atoms with Crippen molar-refractivity contribution in [3.63, 3.8) is 0 Å². The molecule has 0 aromatic heterocycles. The van der Waals surface area contributed by atoms with E-state index in [2.05, 4.69) is 21.6 Å². The van der Waals surface area contributed by atoms with Crippen LogP contribution in [0, 0.1) is 0 Å². The molecule has 1 saturated carbocycles. The molecule has 7 nitrogen and oxygen atoms in total. The Kier molecular flexibility index (Phi) is 3.84. The molecule has 142 valence electrons. The van der Waals surface area contributed by atoms with Crippen LogP contribution in [-0.4, -0.2) is 58.7 Å². The van der Waals surface area contributed by atoms with E-state index in [1.807, 2.05) is 12.1 Å². The summed E-state index contributed by atoms with van der Waals surface area (Å²) < 4.78 is 0. The van der Waals surface area contributed by atoms with Crippen molar-refractivity contribution in [1.82, 2.24) is 20.4 Å². The van der Waals surface area contributed by atoms with Gasteiger partial charge in [-0.15, -0.1) is 0 Å². The minimum Gasteiger partial charge on any atom is -0.322 e. The average molecular weight is 368 g/mol. The Labute approximate surface area is 158 Å². The first-order valence-electron chi connectivity index (χ1n) is 9.77. The van der Waals surface area contributed by atoms with E-state index in [-0.39, 0.29) is 24.1 Å². The summed E-state index contributed by atoms with van der Waals surface area (Å²) in [4.78, 5) is 40.5. The number of nitrogens with one attached hydrogen (secondary N) is 2. The van der Waals surface area contributed by atoms with Crippen LogP contribution in [0.3, 0.4) is 0 Å². The molecule has 0 bridgehead atoms. The maximum Gasteiger partial charge on any atom is 0.255 e. The maximum atomic E-state index is 12.9. The van der Waals surface area contributed by atoms with Gasteiger partial charge in [0.25, 0.3) is 5.91 Å². The second-order valence-electron chi connectivity index (χ2n) is 8.31. The van der Waals surface area contributed by atoms with Crippen molar-refractivity contribution in [2.45, 2.75) is 50.4 Å². The molecule has 4 aliphatic rings. The van der Waals surface area contributed by atoms with Gasteiger partial charge in [-0.25, -0.2) is 0 Å². The fourth-order valence-corrected chi connectivity index (χ4v) is 4.62. The van der Waals surface area contributed by atoms with E-state index in [9.17, 15) is 14.4 Å². The molecule has 27 heavy (non-hydrogen) atoms. The molecule has 1 atom stereocenters. The van der Waals surface area contributed by atoms with Crippen LogP contribution in [-0.2, 0) is 22.7 Å². The van der Waals surface area contributed by atoms with E-state index in [1.54, 1.807) is 4.90 Å². The summed E-state index contributed by atoms with van der Waals surface area (Å²) in [7, 11) is 0. The quantitative estimate of drug-likeness (QED) is 0.754. The Morgan fingerprint density at radius 1 is 1.19 bits per heavy atom. The van der Waals surface area contributed by atoms with Crippen LogP contribution in [0.4, 0.5) is 0 Å². The lowest BCUT2D eigenvalue weighted by molar-refractivity contribution is -0.136. The summed E-state index contributed by atoms with van der Waals surface area (Å²) in [6.45, 7) is 4.41. The molecule has 0 radical (unpaired) electrons. The van der Waals surface area contributed by atoms with Crippen LogP contribution >= 0.6 is 0 Å². The Hall–Kier alpha value is -2.25. The number of nitrogens with zero attached hydrogens (tertiary/aromatic N) is 2. The highest BCUT2D eigenvalue weighted by Gasteiger charge is 2.45. The van der Waals surface area contributed by atoms with Crippen molar-refractivity contribution in [3.8, 4) is 0 Å². The van der Waals surface area contributed by atoms with Crippen molar-refractivity contribution in [2.75, 3.05) is 19.6 Å². The number of hydrogen-bond acceptors (Lipinski definition) is 5. The summed E-state index contributed by atoms with van der Waals surface area (Å²) in [5, 5.41) is 5.97. The number of imide groups is 1. The predicted octanol–water partition coefficient (Wildman–Crippen LogP) is 0.385. The van der Waals surface area contributed by atoms with E-state index < -0.39 is 6.04 Å². The van der Waals surface area contributed by atoms with Crippen molar-refractivity contribution < 1.29 is 14.4 Å². The number of piperidine rings is 1. The van der Waals surface area contributed by atoms with Crippen LogP contribution in [0.5, 0.6) is 0 Å². The number of rotatable bonds is 3. The lowest BCUT2D eigenvalue weighted by Gasteiger charge is -2.34. The number of carbonyl (C=O) groups excluding carboxylic acids is 3. The van der Waals surface area contributed by atoms with Crippen molar-refractivity contribution in [2.24, 2.45) is 0 Å². The molecule has 1 unspecified atom stereocenters. The molecule has 2 N–H and O–H groups in total. The normalized spacial score (nSPS) is 27.0. The fraction of sp³-hybridized carbons (Fsp3) is 0.550. The highest BCUT2D eigenvalue weighted by Crippen LogP contribution is 2.38. The SMILES string of the molecule is O=C1CCC(N2Cc3ccc(CN4CCNC5(CC5)C4)cc3C2=O)C(=O)N1. The standard InChI is InChI=1S/C20H24N4O3/c25-17-4-3-16(18(26)22-17)24-11-14-2-1-13(9-15(14)19(24)27)10-23-8-7-21-20(12-23)5-6-20/h1-2,9,16,21H,3-8,10-12H2,(H,22,25,26). The van der Waals surface area contributed by atoms with Gasteiger partial charge in [-0.2, -0.15) is 0 Å². The highest BCUT2D eigenvalue weighted by atomic mass is 16.2. The zero-order valence-electron chi connectivity index (χ0n) is 15.3. The summed E-state index contributed by atoms with van der Waals surface area (Å²) in [6.07, 6.45) is 3.20. The van der Waals surface area contributed by atoms with Crippen molar-refractivity contribution in [1.29, 1.82) is 0 Å². The highest BCUT2D eigenvalue weighted by molar-refractivity contribution is 6.05. The van der Waals surface area contributed by atoms with Gasteiger partial charge in [-0.05, 0) is 36.5 Å². The molecule has 7 heteroatoms. The summed E-state index contributed by atoms with van der Waals surface area (Å²) in [5.41, 5.74) is 3.15. The molecule has 1 spiro atoms. The van der Waals surface area contributed by atoms with Gasteiger partial charge in [0.15, 0.2) is 0 Å². The topological polar surface area (TPSA) is 81.8 Å². The van der Waals surface area contributed by atoms with E-state index in [1.165, 1.54) is 12.8 Å². The van der Waals surface area contributed by atoms with Crippen LogP contribution in [0.15, 0.2) is 18.2 Å². The summed E-state index contributed by atoms with van der Waals surface area (Å²) >= 11 is 0. The molecule has 1 aromatic rings. The third-order valence-electron chi connectivity index (χ3n) is 6.31. The largest absolute Gasteiger partial charge is 0.322 e. The lowest BCUT2D eigenvalue weighted by atomic mass is 10.0. The van der Waals surface area contributed by atoms with E-state index >= 15 is 0 Å². The number of carbonyl (C=O) groups is 3. The minimum absolute atomic E-state index is 0.0969. The molecule has 5 rings (SSSR count). The third kappa shape index (κ3) is 3.04. The fourth-order valence-electron chi connectivity index (χ4n) is 4.62. The molecular weight excluding hydrogens is 344 g/mol. The molecule has 3 fully saturated rings. The van der Waals surface area contributed by atoms with E-state index in [0.29, 0.717) is 24.1 Å². The minimum atomic E-state index is -0.547.